The van der Waals surface area contributed by atoms with Crippen LogP contribution in [-0.4, -0.2) is 72.0 Å². The lowest BCUT2D eigenvalue weighted by Crippen LogP contribution is -2.61. The van der Waals surface area contributed by atoms with Gasteiger partial charge in [-0.05, 0) is 49.7 Å². The van der Waals surface area contributed by atoms with Gasteiger partial charge in [-0.25, -0.2) is 0 Å². The highest BCUT2D eigenvalue weighted by molar-refractivity contribution is 7.86. The number of hydrogen-bond acceptors (Lipinski definition) is 6. The lowest BCUT2D eigenvalue weighted by atomic mass is 10.0. The van der Waals surface area contributed by atoms with Gasteiger partial charge in [0, 0.05) is 25.3 Å². The van der Waals surface area contributed by atoms with Crippen molar-refractivity contribution < 1.29 is 26.9 Å². The topological polar surface area (TPSA) is 84.9 Å². The summed E-state index contributed by atoms with van der Waals surface area (Å²) in [4.78, 5) is 15.6. The van der Waals surface area contributed by atoms with Crippen LogP contribution in [-0.2, 0) is 19.1 Å². The Labute approximate surface area is 285 Å². The third-order valence-corrected chi connectivity index (χ3v) is 10.7. The third kappa shape index (κ3) is 14.3. The van der Waals surface area contributed by atoms with Crippen molar-refractivity contribution in [1.82, 2.24) is 5.32 Å². The number of nitrogens with one attached hydrogen (secondary N) is 1. The van der Waals surface area contributed by atoms with E-state index in [1.54, 1.807) is 24.3 Å². The Hall–Kier alpha value is -2.46. The number of rotatable bonds is 23. The number of carbonyl (C=O) groups is 1. The Balaban J connectivity index is 1.58. The Morgan fingerprint density at radius 2 is 1.32 bits per heavy atom. The molecule has 2 aromatic carbocycles. The molecular weight excluding hydrogens is 611 g/mol. The molecule has 0 bridgehead atoms. The van der Waals surface area contributed by atoms with E-state index in [1.165, 1.54) is 77.0 Å². The van der Waals surface area contributed by atoms with Gasteiger partial charge in [-0.2, -0.15) is 13.1 Å². The highest BCUT2D eigenvalue weighted by Crippen LogP contribution is 2.24. The summed E-state index contributed by atoms with van der Waals surface area (Å²) in [6, 6.07) is 14.0. The first-order valence-corrected chi connectivity index (χ1v) is 19.6. The lowest BCUT2D eigenvalue weighted by molar-refractivity contribution is -1.08. The molecule has 3 rings (SSSR count). The molecule has 1 aliphatic heterocycles. The van der Waals surface area contributed by atoms with E-state index in [1.807, 2.05) is 50.2 Å². The lowest BCUT2D eigenvalue weighted by Gasteiger charge is -2.39. The molecule has 0 spiro atoms. The van der Waals surface area contributed by atoms with Gasteiger partial charge in [-0.15, -0.1) is 0 Å². The molecule has 1 fully saturated rings. The molecule has 47 heavy (non-hydrogen) atoms. The highest BCUT2D eigenvalue weighted by Gasteiger charge is 2.41. The Morgan fingerprint density at radius 3 is 1.83 bits per heavy atom. The predicted octanol–water partition coefficient (Wildman–Crippen LogP) is 8.20. The normalized spacial score (nSPS) is 15.3. The van der Waals surface area contributed by atoms with Crippen LogP contribution >= 0.6 is 0 Å². The number of unbranched alkanes of at least 4 members (excludes halogenated alkanes) is 13. The van der Waals surface area contributed by atoms with Crippen LogP contribution in [0.5, 0.6) is 0 Å². The quantitative estimate of drug-likeness (QED) is 0.0947. The number of hydroxylamine groups is 3. The van der Waals surface area contributed by atoms with Gasteiger partial charge in [0.25, 0.3) is 5.91 Å². The standard InChI is InChI=1S/C38H61N3O5S/c1-5-6-7-8-9-10-11-12-13-14-15-16-17-18-19-35(39-38(42)34-22-24-36(25-23-34)40(3)4)32-41(28-30-45-31-29-41)46-47(43,44)37-26-20-33(2)21-27-37/h20-27,35H,5-19,28-32H2,1-4H3/p+1. The molecule has 0 aliphatic carbocycles. The summed E-state index contributed by atoms with van der Waals surface area (Å²) in [6.07, 6.45) is 18.7. The van der Waals surface area contributed by atoms with Crippen molar-refractivity contribution in [3.63, 3.8) is 0 Å². The summed E-state index contributed by atoms with van der Waals surface area (Å²) < 4.78 is 38.5. The Morgan fingerprint density at radius 1 is 0.809 bits per heavy atom. The van der Waals surface area contributed by atoms with E-state index in [0.717, 1.165) is 30.5 Å². The van der Waals surface area contributed by atoms with Crippen molar-refractivity contribution >= 4 is 21.7 Å². The first-order valence-electron chi connectivity index (χ1n) is 18.2. The van der Waals surface area contributed by atoms with E-state index >= 15 is 0 Å². The predicted molar refractivity (Wildman–Crippen MR) is 192 cm³/mol. The van der Waals surface area contributed by atoms with E-state index in [0.29, 0.717) is 38.4 Å². The fraction of sp³-hybridized carbons (Fsp3) is 0.658. The Bertz CT molecular complexity index is 1260. The van der Waals surface area contributed by atoms with E-state index in [4.69, 9.17) is 9.02 Å². The summed E-state index contributed by atoms with van der Waals surface area (Å²) in [5.41, 5.74) is 2.59. The molecule has 1 saturated heterocycles. The number of ether oxygens (including phenoxy) is 1. The number of hydrogen-bond donors (Lipinski definition) is 1. The summed E-state index contributed by atoms with van der Waals surface area (Å²) >= 11 is 0. The fourth-order valence-corrected chi connectivity index (χ4v) is 7.48. The van der Waals surface area contributed by atoms with Crippen molar-refractivity contribution in [2.24, 2.45) is 0 Å². The molecule has 0 radical (unpaired) electrons. The number of anilines is 1. The smallest absolute Gasteiger partial charge is 0.342 e. The second-order valence-corrected chi connectivity index (χ2v) is 15.2. The molecule has 8 nitrogen and oxygen atoms in total. The number of carbonyl (C=O) groups excluding carboxylic acids is 1. The van der Waals surface area contributed by atoms with Crippen LogP contribution in [0, 0.1) is 6.92 Å². The molecule has 9 heteroatoms. The number of benzene rings is 2. The maximum Gasteiger partial charge on any atom is 0.342 e. The number of amides is 1. The van der Waals surface area contributed by atoms with Crippen LogP contribution < -0.4 is 10.2 Å². The maximum absolute atomic E-state index is 13.5. The molecule has 2 aromatic rings. The van der Waals surface area contributed by atoms with Crippen LogP contribution in [0.15, 0.2) is 53.4 Å². The summed E-state index contributed by atoms with van der Waals surface area (Å²) in [6.45, 7) is 6.13. The molecule has 1 N–H and O–H groups in total. The van der Waals surface area contributed by atoms with Crippen LogP contribution in [0.4, 0.5) is 5.69 Å². The number of morpholine rings is 1. The maximum atomic E-state index is 13.5. The molecule has 1 aliphatic rings. The van der Waals surface area contributed by atoms with Crippen molar-refractivity contribution in [2.45, 2.75) is 121 Å². The average molecular weight is 673 g/mol. The monoisotopic (exact) mass is 672 g/mol. The summed E-state index contributed by atoms with van der Waals surface area (Å²) in [7, 11) is -0.0852. The second kappa shape index (κ2) is 20.8. The van der Waals surface area contributed by atoms with Crippen molar-refractivity contribution in [3.05, 3.63) is 59.7 Å². The molecule has 1 heterocycles. The van der Waals surface area contributed by atoms with Gasteiger partial charge in [-0.3, -0.25) is 4.79 Å². The zero-order valence-electron chi connectivity index (χ0n) is 29.7. The molecule has 264 valence electrons. The van der Waals surface area contributed by atoms with Crippen LogP contribution in [0.25, 0.3) is 0 Å². The van der Waals surface area contributed by atoms with Crippen LogP contribution in [0.2, 0.25) is 0 Å². The van der Waals surface area contributed by atoms with Gasteiger partial charge in [-0.1, -0.05) is 119 Å². The first-order chi connectivity index (χ1) is 22.6. The first kappa shape index (κ1) is 39.0. The van der Waals surface area contributed by atoms with Crippen LogP contribution in [0.1, 0.15) is 119 Å². The minimum absolute atomic E-state index is 0.0979. The van der Waals surface area contributed by atoms with E-state index < -0.39 is 10.1 Å². The van der Waals surface area contributed by atoms with Crippen molar-refractivity contribution in [2.75, 3.05) is 51.8 Å². The molecule has 0 saturated carbocycles. The SMILES string of the molecule is CCCCCCCCCCCCCCCCC(C[N+]1(OS(=O)(=O)c2ccc(C)cc2)CCOCC1)NC(=O)c1ccc(N(C)C)cc1. The van der Waals surface area contributed by atoms with E-state index in [9.17, 15) is 13.2 Å². The number of aryl methyl sites for hydroxylation is 1. The second-order valence-electron chi connectivity index (χ2n) is 13.6. The van der Waals surface area contributed by atoms with E-state index in [-0.39, 0.29) is 21.5 Å². The largest absolute Gasteiger partial charge is 0.378 e. The number of quaternary nitrogens is 1. The molecule has 1 unspecified atom stereocenters. The van der Waals surface area contributed by atoms with Crippen LogP contribution in [0.3, 0.4) is 0 Å². The fourth-order valence-electron chi connectivity index (χ4n) is 6.30. The molecular formula is C38H62N3O5S+. The Kier molecular flexibility index (Phi) is 17.3. The molecule has 0 aromatic heterocycles. The van der Waals surface area contributed by atoms with Crippen molar-refractivity contribution in [3.8, 4) is 0 Å². The molecule has 1 amide bonds. The van der Waals surface area contributed by atoms with Gasteiger partial charge < -0.3 is 15.0 Å². The van der Waals surface area contributed by atoms with E-state index in [2.05, 4.69) is 12.2 Å². The third-order valence-electron chi connectivity index (χ3n) is 9.29. The minimum atomic E-state index is -4.02. The highest BCUT2D eigenvalue weighted by atomic mass is 32.2. The number of nitrogens with zero attached hydrogens (tertiary/aromatic N) is 2. The van der Waals surface area contributed by atoms with Gasteiger partial charge in [0.15, 0.2) is 0 Å². The zero-order valence-corrected chi connectivity index (χ0v) is 30.5. The van der Waals surface area contributed by atoms with Gasteiger partial charge in [0.05, 0.1) is 24.2 Å². The average Bonchev–Trinajstić information content (AvgIpc) is 3.05. The zero-order chi connectivity index (χ0) is 34.0. The summed E-state index contributed by atoms with van der Waals surface area (Å²) in [5.74, 6) is -0.154. The van der Waals surface area contributed by atoms with Gasteiger partial charge in [0.1, 0.15) is 19.6 Å². The van der Waals surface area contributed by atoms with Gasteiger partial charge >= 0.3 is 10.1 Å². The molecule has 1 atom stereocenters. The summed E-state index contributed by atoms with van der Waals surface area (Å²) in [5, 5.41) is 3.25. The minimum Gasteiger partial charge on any atom is -0.378 e. The van der Waals surface area contributed by atoms with Gasteiger partial charge in [0.2, 0.25) is 0 Å². The van der Waals surface area contributed by atoms with Crippen molar-refractivity contribution in [1.29, 1.82) is 0 Å².